The molecule has 8 heteroatoms. The number of aliphatic hydroxyl groups is 1. The van der Waals surface area contributed by atoms with Gasteiger partial charge in [0.15, 0.2) is 5.54 Å². The van der Waals surface area contributed by atoms with Gasteiger partial charge in [0, 0.05) is 37.6 Å². The van der Waals surface area contributed by atoms with Crippen molar-refractivity contribution in [2.24, 2.45) is 4.99 Å². The van der Waals surface area contributed by atoms with Crippen molar-refractivity contribution in [3.05, 3.63) is 77.9 Å². The second-order valence-electron chi connectivity index (χ2n) is 7.83. The van der Waals surface area contributed by atoms with Crippen LogP contribution in [-0.2, 0) is 16.0 Å². The fourth-order valence-corrected chi connectivity index (χ4v) is 3.63. The molecular formula is C25H28F2N2O4. The van der Waals surface area contributed by atoms with Crippen molar-refractivity contribution in [1.29, 1.82) is 0 Å². The predicted molar refractivity (Wildman–Crippen MR) is 121 cm³/mol. The summed E-state index contributed by atoms with van der Waals surface area (Å²) in [6.45, 7) is 6.19. The van der Waals surface area contributed by atoms with Crippen LogP contribution in [0.25, 0.3) is 0 Å². The first-order valence-corrected chi connectivity index (χ1v) is 10.8. The number of rotatable bonds is 11. The summed E-state index contributed by atoms with van der Waals surface area (Å²) in [5.74, 6) is -0.658. The molecule has 0 radical (unpaired) electrons. The molecule has 0 unspecified atom stereocenters. The SMILES string of the molecule is C=CC[C@@]1(C(=O)NCCc2cc(F)cc(F)c2)N=C(c2ccc(OCCCO)cc2)O[C@@H]1C. The number of carbonyl (C=O) groups is 1. The molecule has 0 bridgehead atoms. The molecule has 3 rings (SSSR count). The zero-order valence-corrected chi connectivity index (χ0v) is 18.5. The van der Waals surface area contributed by atoms with Crippen molar-refractivity contribution in [3.8, 4) is 5.75 Å². The Bertz CT molecular complexity index is 990. The van der Waals surface area contributed by atoms with Crippen molar-refractivity contribution in [3.63, 3.8) is 0 Å². The zero-order valence-electron chi connectivity index (χ0n) is 18.5. The highest BCUT2D eigenvalue weighted by Crippen LogP contribution is 2.32. The lowest BCUT2D eigenvalue weighted by atomic mass is 9.89. The Kier molecular flexibility index (Phi) is 8.16. The molecule has 1 amide bonds. The van der Waals surface area contributed by atoms with Crippen molar-refractivity contribution >= 4 is 11.8 Å². The summed E-state index contributed by atoms with van der Waals surface area (Å²) >= 11 is 0. The van der Waals surface area contributed by atoms with E-state index >= 15 is 0 Å². The molecule has 0 fully saturated rings. The number of nitrogens with zero attached hydrogens (tertiary/aromatic N) is 1. The van der Waals surface area contributed by atoms with Crippen LogP contribution in [0.5, 0.6) is 5.75 Å². The molecule has 2 N–H and O–H groups in total. The first-order chi connectivity index (χ1) is 15.9. The molecule has 176 valence electrons. The summed E-state index contributed by atoms with van der Waals surface area (Å²) in [5, 5.41) is 11.7. The Morgan fingerprint density at radius 3 is 2.61 bits per heavy atom. The molecular weight excluding hydrogens is 430 g/mol. The predicted octanol–water partition coefficient (Wildman–Crippen LogP) is 3.57. The van der Waals surface area contributed by atoms with Crippen LogP contribution in [0.2, 0.25) is 0 Å². The third kappa shape index (κ3) is 5.96. The van der Waals surface area contributed by atoms with Gasteiger partial charge in [0.1, 0.15) is 23.5 Å². The first kappa shape index (κ1) is 24.4. The van der Waals surface area contributed by atoms with Crippen molar-refractivity contribution in [1.82, 2.24) is 5.32 Å². The van der Waals surface area contributed by atoms with E-state index in [-0.39, 0.29) is 31.9 Å². The van der Waals surface area contributed by atoms with Crippen LogP contribution in [0, 0.1) is 11.6 Å². The van der Waals surface area contributed by atoms with Crippen LogP contribution >= 0.6 is 0 Å². The lowest BCUT2D eigenvalue weighted by molar-refractivity contribution is -0.128. The maximum Gasteiger partial charge on any atom is 0.252 e. The molecule has 2 aromatic rings. The average Bonchev–Trinajstić information content (AvgIpc) is 3.11. The second-order valence-corrected chi connectivity index (χ2v) is 7.83. The average molecular weight is 459 g/mol. The van der Waals surface area contributed by atoms with Gasteiger partial charge in [-0.2, -0.15) is 0 Å². The van der Waals surface area contributed by atoms with Gasteiger partial charge < -0.3 is 19.9 Å². The third-order valence-corrected chi connectivity index (χ3v) is 5.40. The fourth-order valence-electron chi connectivity index (χ4n) is 3.63. The lowest BCUT2D eigenvalue weighted by Crippen LogP contribution is -2.51. The molecule has 0 saturated carbocycles. The van der Waals surface area contributed by atoms with E-state index in [1.807, 2.05) is 0 Å². The second kappa shape index (κ2) is 11.0. The minimum absolute atomic E-state index is 0.0627. The molecule has 33 heavy (non-hydrogen) atoms. The lowest BCUT2D eigenvalue weighted by Gasteiger charge is -2.26. The minimum atomic E-state index is -1.19. The molecule has 0 saturated heterocycles. The van der Waals surface area contributed by atoms with Crippen molar-refractivity contribution in [2.75, 3.05) is 19.8 Å². The summed E-state index contributed by atoms with van der Waals surface area (Å²) in [6.07, 6.45) is 2.15. The minimum Gasteiger partial charge on any atom is -0.494 e. The molecule has 2 atom stereocenters. The Balaban J connectivity index is 1.70. The maximum absolute atomic E-state index is 13.4. The van der Waals surface area contributed by atoms with Crippen LogP contribution in [0.1, 0.15) is 30.9 Å². The van der Waals surface area contributed by atoms with Crippen LogP contribution in [0.3, 0.4) is 0 Å². The molecule has 0 spiro atoms. The van der Waals surface area contributed by atoms with Gasteiger partial charge >= 0.3 is 0 Å². The van der Waals surface area contributed by atoms with Crippen LogP contribution in [0.4, 0.5) is 8.78 Å². The number of hydrogen-bond donors (Lipinski definition) is 2. The van der Waals surface area contributed by atoms with E-state index in [9.17, 15) is 13.6 Å². The zero-order chi connectivity index (χ0) is 23.8. The Morgan fingerprint density at radius 1 is 1.27 bits per heavy atom. The fraction of sp³-hybridized carbons (Fsp3) is 0.360. The monoisotopic (exact) mass is 458 g/mol. The van der Waals surface area contributed by atoms with E-state index < -0.39 is 23.3 Å². The van der Waals surface area contributed by atoms with Gasteiger partial charge in [-0.05, 0) is 55.3 Å². The largest absolute Gasteiger partial charge is 0.494 e. The van der Waals surface area contributed by atoms with Gasteiger partial charge in [0.2, 0.25) is 5.90 Å². The van der Waals surface area contributed by atoms with Crippen LogP contribution in [0.15, 0.2) is 60.1 Å². The quantitative estimate of drug-likeness (QED) is 0.399. The molecule has 1 aliphatic rings. The van der Waals surface area contributed by atoms with Crippen LogP contribution < -0.4 is 10.1 Å². The summed E-state index contributed by atoms with van der Waals surface area (Å²) in [5.41, 5.74) is -0.0438. The Morgan fingerprint density at radius 2 is 1.97 bits per heavy atom. The normalized spacial score (nSPS) is 19.5. The number of amides is 1. The molecule has 6 nitrogen and oxygen atoms in total. The Labute approximate surface area is 191 Å². The van der Waals surface area contributed by atoms with Crippen LogP contribution in [-0.4, -0.2) is 48.3 Å². The summed E-state index contributed by atoms with van der Waals surface area (Å²) in [7, 11) is 0. The summed E-state index contributed by atoms with van der Waals surface area (Å²) in [4.78, 5) is 17.8. The topological polar surface area (TPSA) is 80.2 Å². The number of benzene rings is 2. The van der Waals surface area contributed by atoms with Gasteiger partial charge in [-0.1, -0.05) is 6.08 Å². The number of carbonyl (C=O) groups excluding carboxylic acids is 1. The molecule has 0 aromatic heterocycles. The molecule has 0 aliphatic carbocycles. The summed E-state index contributed by atoms with van der Waals surface area (Å²) < 4.78 is 38.2. The number of aliphatic imine (C=N–C) groups is 1. The number of aliphatic hydroxyl groups excluding tert-OH is 1. The number of nitrogens with one attached hydrogen (secondary N) is 1. The van der Waals surface area contributed by atoms with E-state index in [0.29, 0.717) is 35.8 Å². The Hall–Kier alpha value is -3.26. The maximum atomic E-state index is 13.4. The number of hydrogen-bond acceptors (Lipinski definition) is 5. The number of ether oxygens (including phenoxy) is 2. The standard InChI is InChI=1S/C25H28F2N2O4/c1-3-10-25(24(31)28-11-9-18-14-20(26)16-21(27)15-18)17(2)33-23(29-25)19-5-7-22(8-6-19)32-13-4-12-30/h3,5-8,14-17,30H,1,4,9-13H2,2H3,(H,28,31)/t17-,25-/m1/s1. The highest BCUT2D eigenvalue weighted by Gasteiger charge is 2.49. The van der Waals surface area contributed by atoms with E-state index in [1.54, 1.807) is 37.3 Å². The van der Waals surface area contributed by atoms with Gasteiger partial charge in [-0.3, -0.25) is 4.79 Å². The van der Waals surface area contributed by atoms with E-state index in [2.05, 4.69) is 16.9 Å². The highest BCUT2D eigenvalue weighted by molar-refractivity contribution is 6.00. The van der Waals surface area contributed by atoms with Gasteiger partial charge in [-0.25, -0.2) is 13.8 Å². The smallest absolute Gasteiger partial charge is 0.252 e. The first-order valence-electron chi connectivity index (χ1n) is 10.8. The summed E-state index contributed by atoms with van der Waals surface area (Å²) in [6, 6.07) is 10.4. The van der Waals surface area contributed by atoms with E-state index in [4.69, 9.17) is 14.6 Å². The van der Waals surface area contributed by atoms with Gasteiger partial charge in [0.05, 0.1) is 6.61 Å². The van der Waals surface area contributed by atoms with E-state index in [0.717, 1.165) is 6.07 Å². The van der Waals surface area contributed by atoms with Crippen molar-refractivity contribution in [2.45, 2.75) is 37.8 Å². The van der Waals surface area contributed by atoms with Gasteiger partial charge in [0.25, 0.3) is 5.91 Å². The van der Waals surface area contributed by atoms with E-state index in [1.165, 1.54) is 12.1 Å². The molecule has 2 aromatic carbocycles. The number of halogens is 2. The van der Waals surface area contributed by atoms with Gasteiger partial charge in [-0.15, -0.1) is 6.58 Å². The molecule has 1 heterocycles. The van der Waals surface area contributed by atoms with Crippen molar-refractivity contribution < 1.29 is 28.2 Å². The third-order valence-electron chi connectivity index (χ3n) is 5.40. The molecule has 1 aliphatic heterocycles. The highest BCUT2D eigenvalue weighted by atomic mass is 19.1.